The van der Waals surface area contributed by atoms with Crippen molar-refractivity contribution >= 4 is 15.8 Å². The first-order valence-electron chi connectivity index (χ1n) is 5.98. The van der Waals surface area contributed by atoms with Gasteiger partial charge in [0.05, 0.1) is 17.1 Å². The van der Waals surface area contributed by atoms with Gasteiger partial charge in [0.15, 0.2) is 9.84 Å². The molecule has 0 spiro atoms. The topological polar surface area (TPSA) is 80.7 Å². The lowest BCUT2D eigenvalue weighted by Gasteiger charge is -2.14. The van der Waals surface area contributed by atoms with Crippen molar-refractivity contribution in [3.63, 3.8) is 0 Å². The Bertz CT molecular complexity index is 349. The molecule has 0 aromatic rings. The van der Waals surface area contributed by atoms with Crippen molar-refractivity contribution < 1.29 is 23.1 Å². The third-order valence-corrected chi connectivity index (χ3v) is 5.49. The number of ether oxygens (including phenoxy) is 1. The van der Waals surface area contributed by atoms with Crippen LogP contribution in [0.15, 0.2) is 0 Å². The minimum absolute atomic E-state index is 0.114. The Hall–Kier alpha value is -0.620. The van der Waals surface area contributed by atoms with E-state index in [1.54, 1.807) is 6.92 Å². The summed E-state index contributed by atoms with van der Waals surface area (Å²) in [4.78, 5) is 10.3. The van der Waals surface area contributed by atoms with Gasteiger partial charge < -0.3 is 9.84 Å². The fourth-order valence-electron chi connectivity index (χ4n) is 2.09. The van der Waals surface area contributed by atoms with Crippen LogP contribution >= 0.6 is 0 Å². The number of aliphatic carboxylic acids is 1. The standard InChI is InChI=1S/C11H20O5S/c1-9-10(6-7-16-9)17(14,15)8-4-2-3-5-11(12)13/h9-10H,2-8H2,1H3,(H,12,13). The van der Waals surface area contributed by atoms with Crippen molar-refractivity contribution in [3.05, 3.63) is 0 Å². The van der Waals surface area contributed by atoms with Crippen LogP contribution in [0.4, 0.5) is 0 Å². The van der Waals surface area contributed by atoms with Crippen molar-refractivity contribution in [2.24, 2.45) is 0 Å². The quantitative estimate of drug-likeness (QED) is 0.699. The molecule has 0 amide bonds. The number of hydrogen-bond donors (Lipinski definition) is 1. The molecular formula is C11H20O5S. The summed E-state index contributed by atoms with van der Waals surface area (Å²) < 4.78 is 29.1. The lowest BCUT2D eigenvalue weighted by molar-refractivity contribution is -0.137. The van der Waals surface area contributed by atoms with E-state index in [9.17, 15) is 13.2 Å². The third kappa shape index (κ3) is 4.63. The van der Waals surface area contributed by atoms with Crippen molar-refractivity contribution in [3.8, 4) is 0 Å². The van der Waals surface area contributed by atoms with E-state index in [2.05, 4.69) is 0 Å². The van der Waals surface area contributed by atoms with Crippen LogP contribution in [0.1, 0.15) is 39.0 Å². The molecule has 100 valence electrons. The molecule has 0 aromatic carbocycles. The second kappa shape index (κ2) is 6.35. The van der Waals surface area contributed by atoms with Crippen LogP contribution < -0.4 is 0 Å². The third-order valence-electron chi connectivity index (χ3n) is 3.09. The zero-order valence-corrected chi connectivity index (χ0v) is 10.9. The lowest BCUT2D eigenvalue weighted by atomic mass is 10.2. The van der Waals surface area contributed by atoms with Gasteiger partial charge in [-0.2, -0.15) is 0 Å². The first kappa shape index (κ1) is 14.4. The molecule has 6 heteroatoms. The monoisotopic (exact) mass is 264 g/mol. The smallest absolute Gasteiger partial charge is 0.303 e. The lowest BCUT2D eigenvalue weighted by Crippen LogP contribution is -2.30. The van der Waals surface area contributed by atoms with E-state index in [-0.39, 0.29) is 23.5 Å². The molecule has 0 saturated carbocycles. The van der Waals surface area contributed by atoms with Gasteiger partial charge in [-0.3, -0.25) is 4.79 Å². The molecule has 17 heavy (non-hydrogen) atoms. The molecule has 5 nitrogen and oxygen atoms in total. The summed E-state index contributed by atoms with van der Waals surface area (Å²) in [6, 6.07) is 0. The minimum Gasteiger partial charge on any atom is -0.481 e. The largest absolute Gasteiger partial charge is 0.481 e. The van der Waals surface area contributed by atoms with Gasteiger partial charge in [-0.05, 0) is 26.2 Å². The summed E-state index contributed by atoms with van der Waals surface area (Å²) in [5.41, 5.74) is 0. The van der Waals surface area contributed by atoms with Gasteiger partial charge in [0.1, 0.15) is 0 Å². The van der Waals surface area contributed by atoms with E-state index in [0.717, 1.165) is 0 Å². The fourth-order valence-corrected chi connectivity index (χ4v) is 4.12. The van der Waals surface area contributed by atoms with E-state index in [0.29, 0.717) is 32.3 Å². The van der Waals surface area contributed by atoms with Gasteiger partial charge in [-0.15, -0.1) is 0 Å². The van der Waals surface area contributed by atoms with Gasteiger partial charge in [0.2, 0.25) is 0 Å². The van der Waals surface area contributed by atoms with Crippen LogP contribution in [0.25, 0.3) is 0 Å². The van der Waals surface area contributed by atoms with Crippen LogP contribution in [-0.2, 0) is 19.4 Å². The van der Waals surface area contributed by atoms with Crippen molar-refractivity contribution in [2.75, 3.05) is 12.4 Å². The SMILES string of the molecule is CC1OCCC1S(=O)(=O)CCCCCC(=O)O. The molecule has 0 radical (unpaired) electrons. The molecule has 1 aliphatic heterocycles. The Kier molecular flexibility index (Phi) is 5.39. The molecular weight excluding hydrogens is 244 g/mol. The Balaban J connectivity index is 2.27. The molecule has 2 unspecified atom stereocenters. The van der Waals surface area contributed by atoms with Gasteiger partial charge in [-0.25, -0.2) is 8.42 Å². The average molecular weight is 264 g/mol. The van der Waals surface area contributed by atoms with Gasteiger partial charge in [0.25, 0.3) is 0 Å². The highest BCUT2D eigenvalue weighted by atomic mass is 32.2. The maximum atomic E-state index is 11.9. The molecule has 1 N–H and O–H groups in total. The average Bonchev–Trinajstić information content (AvgIpc) is 2.64. The Morgan fingerprint density at radius 2 is 2.06 bits per heavy atom. The van der Waals surface area contributed by atoms with Crippen LogP contribution in [0.5, 0.6) is 0 Å². The zero-order chi connectivity index (χ0) is 12.9. The minimum atomic E-state index is -3.08. The number of hydrogen-bond acceptors (Lipinski definition) is 4. The summed E-state index contributed by atoms with van der Waals surface area (Å²) in [6.45, 7) is 2.31. The predicted molar refractivity (Wildman–Crippen MR) is 63.7 cm³/mol. The molecule has 1 rings (SSSR count). The second-order valence-electron chi connectivity index (χ2n) is 4.47. The number of carbonyl (C=O) groups is 1. The normalized spacial score (nSPS) is 25.0. The fraction of sp³-hybridized carbons (Fsp3) is 0.909. The molecule has 1 aliphatic rings. The highest BCUT2D eigenvalue weighted by Gasteiger charge is 2.34. The van der Waals surface area contributed by atoms with Crippen molar-refractivity contribution in [2.45, 2.75) is 50.4 Å². The van der Waals surface area contributed by atoms with Gasteiger partial charge in [-0.1, -0.05) is 6.42 Å². The van der Waals surface area contributed by atoms with Crippen molar-refractivity contribution in [1.29, 1.82) is 0 Å². The summed E-state index contributed by atoms with van der Waals surface area (Å²) >= 11 is 0. The van der Waals surface area contributed by atoms with E-state index >= 15 is 0 Å². The van der Waals surface area contributed by atoms with Crippen molar-refractivity contribution in [1.82, 2.24) is 0 Å². The molecule has 1 heterocycles. The van der Waals surface area contributed by atoms with Gasteiger partial charge in [0, 0.05) is 13.0 Å². The Morgan fingerprint density at radius 3 is 2.59 bits per heavy atom. The molecule has 0 aliphatic carbocycles. The number of carboxylic acid groups (broad SMARTS) is 1. The summed E-state index contributed by atoms with van der Waals surface area (Å²) in [6.07, 6.45) is 2.22. The Labute approximate surface area is 102 Å². The van der Waals surface area contributed by atoms with Crippen LogP contribution in [0.3, 0.4) is 0 Å². The van der Waals surface area contributed by atoms with E-state index < -0.39 is 15.8 Å². The Morgan fingerprint density at radius 1 is 1.35 bits per heavy atom. The van der Waals surface area contributed by atoms with Crippen LogP contribution in [-0.4, -0.2) is 43.2 Å². The highest BCUT2D eigenvalue weighted by Crippen LogP contribution is 2.22. The summed E-state index contributed by atoms with van der Waals surface area (Å²) in [5, 5.41) is 8.07. The maximum absolute atomic E-state index is 11.9. The van der Waals surface area contributed by atoms with Gasteiger partial charge >= 0.3 is 5.97 Å². The zero-order valence-electron chi connectivity index (χ0n) is 10.1. The molecule has 0 aromatic heterocycles. The van der Waals surface area contributed by atoms with Crippen LogP contribution in [0.2, 0.25) is 0 Å². The molecule has 1 fully saturated rings. The summed E-state index contributed by atoms with van der Waals surface area (Å²) in [7, 11) is -3.08. The molecule has 2 atom stereocenters. The maximum Gasteiger partial charge on any atom is 0.303 e. The predicted octanol–water partition coefficient (Wildman–Crippen LogP) is 1.22. The second-order valence-corrected chi connectivity index (χ2v) is 6.81. The first-order valence-corrected chi connectivity index (χ1v) is 7.70. The summed E-state index contributed by atoms with van der Waals surface area (Å²) in [5.74, 6) is -0.684. The van der Waals surface area contributed by atoms with E-state index in [4.69, 9.17) is 9.84 Å². The first-order chi connectivity index (χ1) is 7.93. The van der Waals surface area contributed by atoms with E-state index in [1.807, 2.05) is 0 Å². The van der Waals surface area contributed by atoms with Crippen LogP contribution in [0, 0.1) is 0 Å². The number of sulfone groups is 1. The number of unbranched alkanes of at least 4 members (excludes halogenated alkanes) is 2. The molecule has 0 bridgehead atoms. The van der Waals surface area contributed by atoms with E-state index in [1.165, 1.54) is 0 Å². The number of carboxylic acids is 1. The number of rotatable bonds is 7. The molecule has 1 saturated heterocycles. The highest BCUT2D eigenvalue weighted by molar-refractivity contribution is 7.92.